The third-order valence-electron chi connectivity index (χ3n) is 4.46. The summed E-state index contributed by atoms with van der Waals surface area (Å²) in [6.07, 6.45) is 2.76. The molecule has 23 heavy (non-hydrogen) atoms. The SMILES string of the molecule is CCn1c([C@H]2CCN(C(=O)c3ccsc3)C2)nc2cccnc21. The molecule has 1 atom stereocenters. The van der Waals surface area contributed by atoms with Crippen LogP contribution in [0.2, 0.25) is 0 Å². The van der Waals surface area contributed by atoms with Crippen LogP contribution in [0.25, 0.3) is 11.2 Å². The molecule has 3 aromatic rings. The van der Waals surface area contributed by atoms with Crippen molar-refractivity contribution in [1.82, 2.24) is 19.4 Å². The molecule has 3 aromatic heterocycles. The summed E-state index contributed by atoms with van der Waals surface area (Å²) in [4.78, 5) is 23.7. The number of aryl methyl sites for hydroxylation is 1. The Morgan fingerprint density at radius 1 is 1.43 bits per heavy atom. The average molecular weight is 326 g/mol. The van der Waals surface area contributed by atoms with Crippen molar-refractivity contribution in [2.75, 3.05) is 13.1 Å². The second-order valence-electron chi connectivity index (χ2n) is 5.81. The van der Waals surface area contributed by atoms with Crippen molar-refractivity contribution in [2.24, 2.45) is 0 Å². The van der Waals surface area contributed by atoms with E-state index in [0.29, 0.717) is 0 Å². The molecule has 4 heterocycles. The molecule has 118 valence electrons. The van der Waals surface area contributed by atoms with Gasteiger partial charge in [-0.25, -0.2) is 9.97 Å². The molecule has 0 bridgehead atoms. The van der Waals surface area contributed by atoms with Gasteiger partial charge in [0.05, 0.1) is 5.56 Å². The zero-order chi connectivity index (χ0) is 15.8. The molecule has 1 aliphatic heterocycles. The molecule has 4 rings (SSSR count). The van der Waals surface area contributed by atoms with E-state index in [2.05, 4.69) is 16.5 Å². The summed E-state index contributed by atoms with van der Waals surface area (Å²) >= 11 is 1.56. The van der Waals surface area contributed by atoms with Crippen molar-refractivity contribution in [2.45, 2.75) is 25.8 Å². The zero-order valence-corrected chi connectivity index (χ0v) is 13.8. The van der Waals surface area contributed by atoms with Crippen LogP contribution in [-0.2, 0) is 6.54 Å². The van der Waals surface area contributed by atoms with Crippen LogP contribution in [-0.4, -0.2) is 38.4 Å². The van der Waals surface area contributed by atoms with Crippen molar-refractivity contribution in [3.8, 4) is 0 Å². The summed E-state index contributed by atoms with van der Waals surface area (Å²) in [7, 11) is 0. The minimum Gasteiger partial charge on any atom is -0.338 e. The van der Waals surface area contributed by atoms with Gasteiger partial charge in [-0.1, -0.05) is 0 Å². The summed E-state index contributed by atoms with van der Waals surface area (Å²) in [5.74, 6) is 1.47. The summed E-state index contributed by atoms with van der Waals surface area (Å²) in [5, 5.41) is 3.86. The van der Waals surface area contributed by atoms with Gasteiger partial charge in [-0.15, -0.1) is 0 Å². The van der Waals surface area contributed by atoms with E-state index >= 15 is 0 Å². The fourth-order valence-electron chi connectivity index (χ4n) is 3.32. The number of aromatic nitrogens is 3. The lowest BCUT2D eigenvalue weighted by Gasteiger charge is -2.16. The van der Waals surface area contributed by atoms with Gasteiger partial charge in [0.15, 0.2) is 5.65 Å². The molecule has 0 unspecified atom stereocenters. The first-order chi connectivity index (χ1) is 11.3. The number of amides is 1. The Labute approximate surface area is 138 Å². The Bertz CT molecular complexity index is 840. The van der Waals surface area contributed by atoms with E-state index < -0.39 is 0 Å². The number of fused-ring (bicyclic) bond motifs is 1. The fraction of sp³-hybridized carbons (Fsp3) is 0.353. The second-order valence-corrected chi connectivity index (χ2v) is 6.59. The highest BCUT2D eigenvalue weighted by molar-refractivity contribution is 7.08. The van der Waals surface area contributed by atoms with Crippen LogP contribution < -0.4 is 0 Å². The van der Waals surface area contributed by atoms with Crippen LogP contribution in [0.3, 0.4) is 0 Å². The number of pyridine rings is 1. The van der Waals surface area contributed by atoms with Crippen molar-refractivity contribution in [3.63, 3.8) is 0 Å². The highest BCUT2D eigenvalue weighted by Crippen LogP contribution is 2.30. The Hall–Kier alpha value is -2.21. The maximum absolute atomic E-state index is 12.5. The third kappa shape index (κ3) is 2.43. The molecule has 0 saturated carbocycles. The Kier molecular flexibility index (Phi) is 3.61. The van der Waals surface area contributed by atoms with E-state index in [-0.39, 0.29) is 11.8 Å². The van der Waals surface area contributed by atoms with E-state index in [9.17, 15) is 4.79 Å². The summed E-state index contributed by atoms with van der Waals surface area (Å²) in [5.41, 5.74) is 2.67. The quantitative estimate of drug-likeness (QED) is 0.743. The van der Waals surface area contributed by atoms with E-state index in [0.717, 1.165) is 48.6 Å². The molecule has 0 aliphatic carbocycles. The molecule has 5 nitrogen and oxygen atoms in total. The topological polar surface area (TPSA) is 51.0 Å². The molecule has 0 spiro atoms. The normalized spacial score (nSPS) is 18.0. The molecule has 1 aliphatic rings. The van der Waals surface area contributed by atoms with Crippen LogP contribution in [0, 0.1) is 0 Å². The van der Waals surface area contributed by atoms with Gasteiger partial charge in [0.1, 0.15) is 11.3 Å². The molecule has 1 fully saturated rings. The van der Waals surface area contributed by atoms with Crippen LogP contribution in [0.1, 0.15) is 35.4 Å². The van der Waals surface area contributed by atoms with Crippen LogP contribution in [0.4, 0.5) is 0 Å². The van der Waals surface area contributed by atoms with Crippen molar-refractivity contribution >= 4 is 28.4 Å². The number of nitrogens with zero attached hydrogens (tertiary/aromatic N) is 4. The molecular formula is C17H18N4OS. The van der Waals surface area contributed by atoms with Gasteiger partial charge in [-0.2, -0.15) is 11.3 Å². The number of carbonyl (C=O) groups is 1. The largest absolute Gasteiger partial charge is 0.338 e. The molecule has 6 heteroatoms. The maximum Gasteiger partial charge on any atom is 0.254 e. The van der Waals surface area contributed by atoms with Crippen molar-refractivity contribution < 1.29 is 4.79 Å². The number of carbonyl (C=O) groups excluding carboxylic acids is 1. The Morgan fingerprint density at radius 2 is 2.35 bits per heavy atom. The third-order valence-corrected chi connectivity index (χ3v) is 5.14. The van der Waals surface area contributed by atoms with Gasteiger partial charge < -0.3 is 9.47 Å². The lowest BCUT2D eigenvalue weighted by atomic mass is 10.1. The van der Waals surface area contributed by atoms with E-state index in [1.165, 1.54) is 0 Å². The van der Waals surface area contributed by atoms with Crippen LogP contribution in [0.15, 0.2) is 35.2 Å². The lowest BCUT2D eigenvalue weighted by molar-refractivity contribution is 0.0791. The summed E-state index contributed by atoms with van der Waals surface area (Å²) in [6.45, 7) is 4.48. The van der Waals surface area contributed by atoms with Crippen molar-refractivity contribution in [1.29, 1.82) is 0 Å². The molecule has 0 radical (unpaired) electrons. The van der Waals surface area contributed by atoms with Gasteiger partial charge in [0, 0.05) is 37.1 Å². The van der Waals surface area contributed by atoms with Gasteiger partial charge in [-0.3, -0.25) is 4.79 Å². The standard InChI is InChI=1S/C17H18N4OS/c1-2-21-15(19-14-4-3-7-18-16(14)21)12-5-8-20(10-12)17(22)13-6-9-23-11-13/h3-4,6-7,9,11-12H,2,5,8,10H2,1H3/t12-/m0/s1. The number of imidazole rings is 1. The van der Waals surface area contributed by atoms with Gasteiger partial charge in [0.25, 0.3) is 5.91 Å². The fourth-order valence-corrected chi connectivity index (χ4v) is 3.95. The minimum atomic E-state index is 0.131. The predicted molar refractivity (Wildman–Crippen MR) is 90.8 cm³/mol. The smallest absolute Gasteiger partial charge is 0.254 e. The van der Waals surface area contributed by atoms with Gasteiger partial charge in [-0.05, 0) is 36.9 Å². The second kappa shape index (κ2) is 5.77. The monoisotopic (exact) mass is 326 g/mol. The highest BCUT2D eigenvalue weighted by atomic mass is 32.1. The minimum absolute atomic E-state index is 0.131. The first-order valence-electron chi connectivity index (χ1n) is 7.90. The highest BCUT2D eigenvalue weighted by Gasteiger charge is 2.31. The maximum atomic E-state index is 12.5. The molecule has 0 aromatic carbocycles. The first-order valence-corrected chi connectivity index (χ1v) is 8.85. The van der Waals surface area contributed by atoms with E-state index in [4.69, 9.17) is 4.98 Å². The molecule has 0 N–H and O–H groups in total. The Morgan fingerprint density at radius 3 is 3.13 bits per heavy atom. The average Bonchev–Trinajstić information content (AvgIpc) is 3.31. The van der Waals surface area contributed by atoms with Crippen LogP contribution in [0.5, 0.6) is 0 Å². The summed E-state index contributed by atoms with van der Waals surface area (Å²) in [6, 6.07) is 5.81. The lowest BCUT2D eigenvalue weighted by Crippen LogP contribution is -2.28. The van der Waals surface area contributed by atoms with Crippen LogP contribution >= 0.6 is 11.3 Å². The van der Waals surface area contributed by atoms with Crippen molar-refractivity contribution in [3.05, 3.63) is 46.5 Å². The van der Waals surface area contributed by atoms with Gasteiger partial charge >= 0.3 is 0 Å². The molecule has 1 saturated heterocycles. The number of hydrogen-bond acceptors (Lipinski definition) is 4. The number of likely N-dealkylation sites (tertiary alicyclic amines) is 1. The van der Waals surface area contributed by atoms with E-state index in [1.54, 1.807) is 17.5 Å². The number of thiophene rings is 1. The zero-order valence-electron chi connectivity index (χ0n) is 13.0. The number of rotatable bonds is 3. The molecular weight excluding hydrogens is 308 g/mol. The first kappa shape index (κ1) is 14.4. The summed E-state index contributed by atoms with van der Waals surface area (Å²) < 4.78 is 2.18. The Balaban J connectivity index is 1.61. The number of hydrogen-bond donors (Lipinski definition) is 0. The predicted octanol–water partition coefficient (Wildman–Crippen LogP) is 3.14. The molecule has 1 amide bonds. The van der Waals surface area contributed by atoms with E-state index in [1.807, 2.05) is 33.9 Å². The van der Waals surface area contributed by atoms with Gasteiger partial charge in [0.2, 0.25) is 0 Å².